The zero-order valence-electron chi connectivity index (χ0n) is 11.8. The van der Waals surface area contributed by atoms with Crippen LogP contribution < -0.4 is 10.6 Å². The molecule has 0 unspecified atom stereocenters. The molecule has 2 aromatic heterocycles. The van der Waals surface area contributed by atoms with Crippen LogP contribution >= 0.6 is 0 Å². The quantitative estimate of drug-likeness (QED) is 0.805. The maximum atomic E-state index is 12.6. The summed E-state index contributed by atoms with van der Waals surface area (Å²) in [6.45, 7) is -0.391. The van der Waals surface area contributed by atoms with Gasteiger partial charge >= 0.3 is 18.2 Å². The van der Waals surface area contributed by atoms with Gasteiger partial charge in [-0.2, -0.15) is 13.2 Å². The molecule has 2 heterocycles. The highest BCUT2D eigenvalue weighted by Gasteiger charge is 2.31. The van der Waals surface area contributed by atoms with Gasteiger partial charge in [-0.1, -0.05) is 0 Å². The summed E-state index contributed by atoms with van der Waals surface area (Å²) in [5.41, 5.74) is -0.834. The van der Waals surface area contributed by atoms with Crippen LogP contribution in [-0.2, 0) is 22.3 Å². The molecule has 0 aromatic carbocycles. The first-order valence-electron chi connectivity index (χ1n) is 6.30. The number of methoxy groups -OCH3 is 1. The van der Waals surface area contributed by atoms with Gasteiger partial charge in [0.2, 0.25) is 0 Å². The zero-order valence-corrected chi connectivity index (χ0v) is 11.8. The lowest BCUT2D eigenvalue weighted by Crippen LogP contribution is -2.38. The smallest absolute Gasteiger partial charge is 0.416 e. The second-order valence-electron chi connectivity index (χ2n) is 4.37. The van der Waals surface area contributed by atoms with Gasteiger partial charge in [0, 0.05) is 6.20 Å². The van der Waals surface area contributed by atoms with Crippen LogP contribution in [0.5, 0.6) is 0 Å². The van der Waals surface area contributed by atoms with Crippen LogP contribution in [0.3, 0.4) is 0 Å². The molecule has 0 radical (unpaired) electrons. The van der Waals surface area contributed by atoms with Gasteiger partial charge in [0.05, 0.1) is 19.2 Å². The number of aromatic nitrogens is 3. The molecule has 2 amide bonds. The molecule has 0 aliphatic carbocycles. The van der Waals surface area contributed by atoms with E-state index in [2.05, 4.69) is 25.6 Å². The monoisotopic (exact) mass is 331 g/mol. The number of nitrogens with one attached hydrogen (secondary N) is 2. The molecule has 2 N–H and O–H groups in total. The van der Waals surface area contributed by atoms with E-state index in [1.807, 2.05) is 0 Å². The number of rotatable bonds is 4. The summed E-state index contributed by atoms with van der Waals surface area (Å²) in [6, 6.07) is 1.09. The fourth-order valence-corrected chi connectivity index (χ4v) is 1.68. The molecule has 0 bridgehead atoms. The first-order chi connectivity index (χ1) is 10.8. The third kappa shape index (κ3) is 4.08. The van der Waals surface area contributed by atoms with Crippen LogP contribution in [0.25, 0.3) is 5.65 Å². The third-order valence-corrected chi connectivity index (χ3v) is 2.84. The summed E-state index contributed by atoms with van der Waals surface area (Å²) in [7, 11) is 1.18. The molecule has 0 fully saturated rings. The molecule has 8 nitrogen and oxygen atoms in total. The predicted molar refractivity (Wildman–Crippen MR) is 70.2 cm³/mol. The number of esters is 1. The Morgan fingerprint density at radius 2 is 2.04 bits per heavy atom. The molecule has 124 valence electrons. The number of carbonyl (C=O) groups is 2. The second-order valence-corrected chi connectivity index (χ2v) is 4.37. The van der Waals surface area contributed by atoms with E-state index in [1.165, 1.54) is 17.7 Å². The highest BCUT2D eigenvalue weighted by Crippen LogP contribution is 2.29. The summed E-state index contributed by atoms with van der Waals surface area (Å²) in [4.78, 5) is 22.3. The highest BCUT2D eigenvalue weighted by molar-refractivity contribution is 5.80. The Hall–Kier alpha value is -2.85. The van der Waals surface area contributed by atoms with Gasteiger partial charge in [-0.25, -0.2) is 4.79 Å². The van der Waals surface area contributed by atoms with Crippen molar-refractivity contribution in [3.05, 3.63) is 29.7 Å². The Kier molecular flexibility index (Phi) is 4.67. The van der Waals surface area contributed by atoms with Crippen LogP contribution in [0.1, 0.15) is 11.4 Å². The van der Waals surface area contributed by atoms with Gasteiger partial charge in [0.1, 0.15) is 6.54 Å². The zero-order chi connectivity index (χ0) is 17.0. The second kappa shape index (κ2) is 6.50. The Labute approximate surface area is 127 Å². The summed E-state index contributed by atoms with van der Waals surface area (Å²) in [5.74, 6) is -0.380. The number of hydrogen-bond donors (Lipinski definition) is 2. The summed E-state index contributed by atoms with van der Waals surface area (Å²) >= 11 is 0. The fourth-order valence-electron chi connectivity index (χ4n) is 1.68. The minimum atomic E-state index is -4.47. The lowest BCUT2D eigenvalue weighted by molar-refractivity contribution is -0.139. The van der Waals surface area contributed by atoms with E-state index < -0.39 is 23.7 Å². The summed E-state index contributed by atoms with van der Waals surface area (Å²) < 4.78 is 43.4. The van der Waals surface area contributed by atoms with Gasteiger partial charge in [0.25, 0.3) is 0 Å². The van der Waals surface area contributed by atoms with E-state index in [-0.39, 0.29) is 24.6 Å². The Morgan fingerprint density at radius 3 is 2.70 bits per heavy atom. The number of carbonyl (C=O) groups excluding carboxylic acids is 2. The molecule has 0 atom stereocenters. The summed E-state index contributed by atoms with van der Waals surface area (Å²) in [6.07, 6.45) is -3.30. The first kappa shape index (κ1) is 16.5. The van der Waals surface area contributed by atoms with Crippen molar-refractivity contribution >= 4 is 17.6 Å². The molecular weight excluding hydrogens is 319 g/mol. The van der Waals surface area contributed by atoms with Crippen molar-refractivity contribution in [3.63, 3.8) is 0 Å². The Morgan fingerprint density at radius 1 is 1.30 bits per heavy atom. The average molecular weight is 331 g/mol. The lowest BCUT2D eigenvalue weighted by atomic mass is 10.2. The minimum Gasteiger partial charge on any atom is -0.468 e. The molecular formula is C12H12F3N5O3. The Balaban J connectivity index is 2.01. The number of halogens is 3. The highest BCUT2D eigenvalue weighted by atomic mass is 19.4. The number of amides is 2. The van der Waals surface area contributed by atoms with Crippen LogP contribution in [0, 0.1) is 0 Å². The topological polar surface area (TPSA) is 97.6 Å². The summed E-state index contributed by atoms with van der Waals surface area (Å²) in [5, 5.41) is 12.0. The van der Waals surface area contributed by atoms with Crippen molar-refractivity contribution < 1.29 is 27.5 Å². The number of hydrogen-bond acceptors (Lipinski definition) is 5. The van der Waals surface area contributed by atoms with E-state index in [1.54, 1.807) is 0 Å². The van der Waals surface area contributed by atoms with Crippen LogP contribution in [-0.4, -0.2) is 40.3 Å². The lowest BCUT2D eigenvalue weighted by Gasteiger charge is -2.07. The number of ether oxygens (including phenoxy) is 1. The van der Waals surface area contributed by atoms with Crippen molar-refractivity contribution in [2.75, 3.05) is 13.7 Å². The number of fused-ring (bicyclic) bond motifs is 1. The number of alkyl halides is 3. The van der Waals surface area contributed by atoms with Crippen LogP contribution in [0.2, 0.25) is 0 Å². The average Bonchev–Trinajstić information content (AvgIpc) is 2.92. The van der Waals surface area contributed by atoms with Gasteiger partial charge in [-0.3, -0.25) is 9.20 Å². The largest absolute Gasteiger partial charge is 0.468 e. The molecule has 11 heteroatoms. The van der Waals surface area contributed by atoms with Crippen molar-refractivity contribution in [2.24, 2.45) is 0 Å². The predicted octanol–water partition coefficient (Wildman–Crippen LogP) is 0.720. The molecule has 0 aliphatic heterocycles. The standard InChI is InChI=1S/C12H12F3N5O3/c1-23-10(21)6-17-11(22)16-5-9-19-18-8-4-7(12(13,14)15)2-3-20(8)9/h2-4H,5-6H2,1H3,(H2,16,17,22). The van der Waals surface area contributed by atoms with Crippen molar-refractivity contribution in [1.82, 2.24) is 25.2 Å². The van der Waals surface area contributed by atoms with Gasteiger partial charge in [-0.05, 0) is 12.1 Å². The number of pyridine rings is 1. The van der Waals surface area contributed by atoms with Gasteiger partial charge < -0.3 is 15.4 Å². The Bertz CT molecular complexity index is 728. The molecule has 0 spiro atoms. The normalized spacial score (nSPS) is 11.3. The van der Waals surface area contributed by atoms with E-state index >= 15 is 0 Å². The van der Waals surface area contributed by atoms with Crippen LogP contribution in [0.4, 0.5) is 18.0 Å². The molecule has 2 rings (SSSR count). The van der Waals surface area contributed by atoms with E-state index in [0.29, 0.717) is 0 Å². The molecule has 0 aliphatic rings. The SMILES string of the molecule is COC(=O)CNC(=O)NCc1nnc2cc(C(F)(F)F)ccn12. The fraction of sp³-hybridized carbons (Fsp3) is 0.333. The van der Waals surface area contributed by atoms with Gasteiger partial charge in [-0.15, -0.1) is 10.2 Å². The third-order valence-electron chi connectivity index (χ3n) is 2.84. The molecule has 0 saturated heterocycles. The van der Waals surface area contributed by atoms with E-state index in [9.17, 15) is 22.8 Å². The number of nitrogens with zero attached hydrogens (tertiary/aromatic N) is 3. The van der Waals surface area contributed by atoms with E-state index in [0.717, 1.165) is 12.1 Å². The molecule has 0 saturated carbocycles. The maximum absolute atomic E-state index is 12.6. The van der Waals surface area contributed by atoms with Crippen molar-refractivity contribution in [1.29, 1.82) is 0 Å². The first-order valence-corrected chi connectivity index (χ1v) is 6.30. The van der Waals surface area contributed by atoms with Crippen molar-refractivity contribution in [2.45, 2.75) is 12.7 Å². The number of urea groups is 1. The van der Waals surface area contributed by atoms with E-state index in [4.69, 9.17) is 0 Å². The molecule has 2 aromatic rings. The van der Waals surface area contributed by atoms with Crippen LogP contribution in [0.15, 0.2) is 18.3 Å². The van der Waals surface area contributed by atoms with Crippen molar-refractivity contribution in [3.8, 4) is 0 Å². The maximum Gasteiger partial charge on any atom is 0.416 e. The van der Waals surface area contributed by atoms with Gasteiger partial charge in [0.15, 0.2) is 11.5 Å². The molecule has 23 heavy (non-hydrogen) atoms. The minimum absolute atomic E-state index is 0.00611.